The Morgan fingerprint density at radius 2 is 2.08 bits per heavy atom. The van der Waals surface area contributed by atoms with Crippen molar-refractivity contribution < 1.29 is 14.2 Å². The van der Waals surface area contributed by atoms with Crippen LogP contribution in [0.5, 0.6) is 0 Å². The van der Waals surface area contributed by atoms with Crippen LogP contribution in [0, 0.1) is 5.92 Å². The lowest BCUT2D eigenvalue weighted by Crippen LogP contribution is -2.34. The van der Waals surface area contributed by atoms with Crippen molar-refractivity contribution in [2.75, 3.05) is 12.3 Å². The molecule has 3 aliphatic rings. The van der Waals surface area contributed by atoms with Crippen LogP contribution in [-0.4, -0.2) is 49.7 Å². The highest BCUT2D eigenvalue weighted by Gasteiger charge is 2.73. The Hall–Kier alpha value is -1.81. The van der Waals surface area contributed by atoms with Gasteiger partial charge in [0.1, 0.15) is 29.7 Å². The number of nitrogens with two attached hydrogens (primary N) is 2. The summed E-state index contributed by atoms with van der Waals surface area (Å²) in [5.74, 6) is -0.0311. The Morgan fingerprint density at radius 1 is 1.25 bits per heavy atom. The number of nitrogen functional groups attached to an aromatic ring is 1. The van der Waals surface area contributed by atoms with Crippen molar-refractivity contribution in [1.82, 2.24) is 19.5 Å². The second kappa shape index (κ2) is 4.42. The zero-order valence-electron chi connectivity index (χ0n) is 13.5. The Kier molecular flexibility index (Phi) is 2.68. The quantitative estimate of drug-likeness (QED) is 0.798. The van der Waals surface area contributed by atoms with Crippen molar-refractivity contribution in [3.05, 3.63) is 12.7 Å². The molecule has 9 heteroatoms. The minimum absolute atomic E-state index is 0.150. The molecule has 1 spiro atoms. The lowest BCUT2D eigenvalue weighted by molar-refractivity contribution is -0.203. The number of aromatic nitrogens is 4. The molecule has 4 heterocycles. The maximum absolute atomic E-state index is 6.41. The van der Waals surface area contributed by atoms with E-state index in [0.717, 1.165) is 6.42 Å². The molecule has 2 aromatic rings. The fraction of sp³-hybridized carbons (Fsp3) is 0.667. The zero-order valence-corrected chi connectivity index (χ0v) is 13.5. The molecule has 4 N–H and O–H groups in total. The largest absolute Gasteiger partial charge is 0.382 e. The van der Waals surface area contributed by atoms with Gasteiger partial charge in [-0.3, -0.25) is 4.57 Å². The zero-order chi connectivity index (χ0) is 16.7. The molecule has 2 aliphatic heterocycles. The molecule has 5 rings (SSSR count). The lowest BCUT2D eigenvalue weighted by Gasteiger charge is -2.25. The van der Waals surface area contributed by atoms with Gasteiger partial charge < -0.3 is 25.7 Å². The van der Waals surface area contributed by atoms with Gasteiger partial charge in [-0.1, -0.05) is 0 Å². The van der Waals surface area contributed by atoms with Crippen molar-refractivity contribution in [2.24, 2.45) is 11.7 Å². The van der Waals surface area contributed by atoms with Crippen LogP contribution in [-0.2, 0) is 14.2 Å². The number of rotatable bonds is 2. The molecular formula is C15H20N6O3. The summed E-state index contributed by atoms with van der Waals surface area (Å²) in [6.45, 7) is 4.41. The molecule has 0 radical (unpaired) electrons. The molecule has 1 saturated carbocycles. The van der Waals surface area contributed by atoms with Crippen LogP contribution in [0.4, 0.5) is 5.82 Å². The van der Waals surface area contributed by atoms with Gasteiger partial charge >= 0.3 is 0 Å². The van der Waals surface area contributed by atoms with Gasteiger partial charge in [0.25, 0.3) is 0 Å². The van der Waals surface area contributed by atoms with Gasteiger partial charge in [-0.15, -0.1) is 0 Å². The predicted molar refractivity (Wildman–Crippen MR) is 83.6 cm³/mol. The third kappa shape index (κ3) is 1.75. The molecule has 2 aromatic heterocycles. The Labute approximate surface area is 138 Å². The van der Waals surface area contributed by atoms with Crippen LogP contribution in [0.25, 0.3) is 11.2 Å². The number of anilines is 1. The number of nitrogens with zero attached hydrogens (tertiary/aromatic N) is 4. The van der Waals surface area contributed by atoms with Crippen LogP contribution >= 0.6 is 0 Å². The highest BCUT2D eigenvalue weighted by Crippen LogP contribution is 2.61. The normalized spacial score (nSPS) is 39.6. The van der Waals surface area contributed by atoms with Crippen LogP contribution in [0.3, 0.4) is 0 Å². The Morgan fingerprint density at radius 3 is 2.83 bits per heavy atom. The SMILES string of the molecule is CC1(C)OC2C(n3cnc4c(N)ncnc43)O[C@]3(C[C@@H]3CN)[C@@H]2O1. The predicted octanol–water partition coefficient (Wildman–Crippen LogP) is 0.175. The summed E-state index contributed by atoms with van der Waals surface area (Å²) in [7, 11) is 0. The molecule has 128 valence electrons. The van der Waals surface area contributed by atoms with Crippen molar-refractivity contribution in [1.29, 1.82) is 0 Å². The number of hydrogen-bond acceptors (Lipinski definition) is 8. The van der Waals surface area contributed by atoms with Crippen molar-refractivity contribution in [2.45, 2.75) is 50.1 Å². The Bertz CT molecular complexity index is 823. The van der Waals surface area contributed by atoms with Gasteiger partial charge in [-0.05, 0) is 26.8 Å². The fourth-order valence-corrected chi connectivity index (χ4v) is 4.11. The molecular weight excluding hydrogens is 312 g/mol. The second-order valence-corrected chi connectivity index (χ2v) is 7.20. The van der Waals surface area contributed by atoms with E-state index < -0.39 is 5.79 Å². The fourth-order valence-electron chi connectivity index (χ4n) is 4.11. The molecule has 9 nitrogen and oxygen atoms in total. The third-order valence-corrected chi connectivity index (χ3v) is 5.27. The second-order valence-electron chi connectivity index (χ2n) is 7.20. The average molecular weight is 332 g/mol. The van der Waals surface area contributed by atoms with E-state index in [2.05, 4.69) is 15.0 Å². The van der Waals surface area contributed by atoms with Crippen LogP contribution in [0.2, 0.25) is 0 Å². The summed E-state index contributed by atoms with van der Waals surface area (Å²) in [4.78, 5) is 12.6. The maximum atomic E-state index is 6.41. The smallest absolute Gasteiger partial charge is 0.167 e. The Balaban J connectivity index is 1.59. The average Bonchev–Trinajstić information content (AvgIpc) is 2.78. The van der Waals surface area contributed by atoms with E-state index in [1.165, 1.54) is 6.33 Å². The van der Waals surface area contributed by atoms with Crippen molar-refractivity contribution >= 4 is 17.0 Å². The van der Waals surface area contributed by atoms with E-state index in [1.54, 1.807) is 6.33 Å². The minimum Gasteiger partial charge on any atom is -0.382 e. The van der Waals surface area contributed by atoms with E-state index in [1.807, 2.05) is 18.4 Å². The molecule has 0 amide bonds. The first-order chi connectivity index (χ1) is 11.5. The number of hydrogen-bond donors (Lipinski definition) is 2. The van der Waals surface area contributed by atoms with Gasteiger partial charge in [-0.25, -0.2) is 15.0 Å². The number of imidazole rings is 1. The highest BCUT2D eigenvalue weighted by atomic mass is 16.8. The van der Waals surface area contributed by atoms with E-state index in [-0.39, 0.29) is 30.0 Å². The third-order valence-electron chi connectivity index (χ3n) is 5.27. The molecule has 5 atom stereocenters. The molecule has 2 unspecified atom stereocenters. The van der Waals surface area contributed by atoms with E-state index >= 15 is 0 Å². The standard InChI is InChI=1S/C15H20N6O3/c1-14(2)22-9-10(23-14)15(3-7(15)4-16)24-13(9)21-6-20-8-11(17)18-5-19-12(8)21/h5-7,9-10,13H,3-4,16H2,1-2H3,(H2,17,18,19)/t7-,9?,10-,13?,15+/m1/s1. The summed E-state index contributed by atoms with van der Waals surface area (Å²) < 4.78 is 20.6. The molecule has 0 bridgehead atoms. The van der Waals surface area contributed by atoms with E-state index in [0.29, 0.717) is 23.5 Å². The van der Waals surface area contributed by atoms with Gasteiger partial charge in [-0.2, -0.15) is 0 Å². The number of ether oxygens (including phenoxy) is 3. The maximum Gasteiger partial charge on any atom is 0.167 e. The van der Waals surface area contributed by atoms with Gasteiger partial charge in [0.15, 0.2) is 23.5 Å². The molecule has 3 fully saturated rings. The molecule has 0 aromatic carbocycles. The topological polar surface area (TPSA) is 123 Å². The van der Waals surface area contributed by atoms with Crippen LogP contribution in [0.15, 0.2) is 12.7 Å². The minimum atomic E-state index is -0.656. The summed E-state index contributed by atoms with van der Waals surface area (Å²) >= 11 is 0. The van der Waals surface area contributed by atoms with Gasteiger partial charge in [0.05, 0.1) is 6.33 Å². The van der Waals surface area contributed by atoms with Crippen molar-refractivity contribution in [3.8, 4) is 0 Å². The first-order valence-corrected chi connectivity index (χ1v) is 8.12. The van der Waals surface area contributed by atoms with Gasteiger partial charge in [0, 0.05) is 5.92 Å². The number of fused-ring (bicyclic) bond motifs is 3. The summed E-state index contributed by atoms with van der Waals surface area (Å²) in [6.07, 6.45) is 3.20. The van der Waals surface area contributed by atoms with E-state index in [4.69, 9.17) is 25.7 Å². The first kappa shape index (κ1) is 14.5. The highest BCUT2D eigenvalue weighted by molar-refractivity contribution is 5.81. The summed E-state index contributed by atoms with van der Waals surface area (Å²) in [5, 5.41) is 0. The lowest BCUT2D eigenvalue weighted by atomic mass is 10.1. The molecule has 24 heavy (non-hydrogen) atoms. The van der Waals surface area contributed by atoms with Gasteiger partial charge in [0.2, 0.25) is 0 Å². The van der Waals surface area contributed by atoms with Crippen LogP contribution in [0.1, 0.15) is 26.5 Å². The molecule has 2 saturated heterocycles. The van der Waals surface area contributed by atoms with Crippen molar-refractivity contribution in [3.63, 3.8) is 0 Å². The first-order valence-electron chi connectivity index (χ1n) is 8.12. The van der Waals surface area contributed by atoms with E-state index in [9.17, 15) is 0 Å². The molecule has 1 aliphatic carbocycles. The summed E-state index contributed by atoms with van der Waals surface area (Å²) in [6, 6.07) is 0. The monoisotopic (exact) mass is 332 g/mol. The summed E-state index contributed by atoms with van der Waals surface area (Å²) in [5.41, 5.74) is 12.6. The van der Waals surface area contributed by atoms with Crippen LogP contribution < -0.4 is 11.5 Å².